The summed E-state index contributed by atoms with van der Waals surface area (Å²) in [5, 5.41) is 6.37. The van der Waals surface area contributed by atoms with Crippen LogP contribution in [0.5, 0.6) is 0 Å². The molecule has 3 rings (SSSR count). The quantitative estimate of drug-likeness (QED) is 0.399. The molecule has 0 spiro atoms. The lowest BCUT2D eigenvalue weighted by atomic mass is 10.1. The molecule has 32 heavy (non-hydrogen) atoms. The van der Waals surface area contributed by atoms with Gasteiger partial charge in [-0.1, -0.05) is 53.5 Å². The molecule has 8 heteroatoms. The van der Waals surface area contributed by atoms with Crippen molar-refractivity contribution < 1.29 is 18.7 Å². The number of halogens is 3. The van der Waals surface area contributed by atoms with Crippen molar-refractivity contribution in [3.63, 3.8) is 0 Å². The number of anilines is 2. The second kappa shape index (κ2) is 11.0. The third-order valence-corrected chi connectivity index (χ3v) is 5.47. The van der Waals surface area contributed by atoms with Crippen molar-refractivity contribution in [1.29, 1.82) is 0 Å². The Morgan fingerprint density at radius 1 is 1.00 bits per heavy atom. The number of hydrogen-bond donors (Lipinski definition) is 2. The van der Waals surface area contributed by atoms with Gasteiger partial charge in [-0.15, -0.1) is 0 Å². The molecule has 3 aromatic carbocycles. The van der Waals surface area contributed by atoms with Crippen molar-refractivity contribution in [1.82, 2.24) is 0 Å². The van der Waals surface area contributed by atoms with Gasteiger partial charge in [0.1, 0.15) is 5.82 Å². The fraction of sp³-hybridized carbons (Fsp3) is 0.167. The highest BCUT2D eigenvalue weighted by molar-refractivity contribution is 6.40. The third kappa shape index (κ3) is 6.22. The number of esters is 1. The Labute approximate surface area is 195 Å². The second-order valence-electron chi connectivity index (χ2n) is 7.03. The van der Waals surface area contributed by atoms with Gasteiger partial charge in [-0.2, -0.15) is 0 Å². The first-order chi connectivity index (χ1) is 15.3. The van der Waals surface area contributed by atoms with Gasteiger partial charge in [0.2, 0.25) is 0 Å². The van der Waals surface area contributed by atoms with Gasteiger partial charge in [0.25, 0.3) is 5.91 Å². The highest BCUT2D eigenvalue weighted by Crippen LogP contribution is 2.32. The minimum atomic E-state index is -0.647. The highest BCUT2D eigenvalue weighted by atomic mass is 35.5. The Kier molecular flexibility index (Phi) is 8.09. The summed E-state index contributed by atoms with van der Waals surface area (Å²) >= 11 is 12.3. The van der Waals surface area contributed by atoms with E-state index in [1.165, 1.54) is 12.1 Å². The maximum absolute atomic E-state index is 13.0. The Morgan fingerprint density at radius 3 is 2.47 bits per heavy atom. The standard InChI is InChI=1S/C24H21Cl2FN2O3/c1-15-6-11-19(25)23(22(15)26)29-21(30)14-32-24(31)18-4-2-3-5-20(18)28-13-12-16-7-9-17(27)10-8-16/h2-11,28H,12-14H2,1H3,(H,29,30). The van der Waals surface area contributed by atoms with E-state index in [-0.39, 0.29) is 16.5 Å². The van der Waals surface area contributed by atoms with Gasteiger partial charge in [-0.25, -0.2) is 9.18 Å². The van der Waals surface area contributed by atoms with Crippen LogP contribution in [0.2, 0.25) is 10.0 Å². The number of aryl methyl sites for hydroxylation is 1. The van der Waals surface area contributed by atoms with Crippen LogP contribution in [0.15, 0.2) is 60.7 Å². The predicted molar refractivity (Wildman–Crippen MR) is 125 cm³/mol. The predicted octanol–water partition coefficient (Wildman–Crippen LogP) is 5.89. The van der Waals surface area contributed by atoms with Crippen LogP contribution in [0.4, 0.5) is 15.8 Å². The number of rotatable bonds is 8. The van der Waals surface area contributed by atoms with Crippen LogP contribution in [0.3, 0.4) is 0 Å². The van der Waals surface area contributed by atoms with Gasteiger partial charge in [-0.05, 0) is 54.8 Å². The van der Waals surface area contributed by atoms with Crippen molar-refractivity contribution >= 4 is 46.5 Å². The van der Waals surface area contributed by atoms with Gasteiger partial charge in [-0.3, -0.25) is 4.79 Å². The summed E-state index contributed by atoms with van der Waals surface area (Å²) in [6.45, 7) is 1.82. The zero-order valence-electron chi connectivity index (χ0n) is 17.3. The monoisotopic (exact) mass is 474 g/mol. The number of hydrogen-bond acceptors (Lipinski definition) is 4. The molecule has 0 aliphatic carbocycles. The fourth-order valence-electron chi connectivity index (χ4n) is 2.96. The number of carbonyl (C=O) groups is 2. The number of carbonyl (C=O) groups excluding carboxylic acids is 2. The van der Waals surface area contributed by atoms with E-state index in [0.717, 1.165) is 11.1 Å². The molecule has 0 fully saturated rings. The molecule has 0 saturated carbocycles. The molecule has 0 bridgehead atoms. The van der Waals surface area contributed by atoms with Gasteiger partial charge < -0.3 is 15.4 Å². The summed E-state index contributed by atoms with van der Waals surface area (Å²) in [4.78, 5) is 24.8. The summed E-state index contributed by atoms with van der Waals surface area (Å²) < 4.78 is 18.2. The number of benzene rings is 3. The topological polar surface area (TPSA) is 67.4 Å². The second-order valence-corrected chi connectivity index (χ2v) is 7.81. The number of nitrogens with one attached hydrogen (secondary N) is 2. The number of para-hydroxylation sites is 1. The fourth-order valence-corrected chi connectivity index (χ4v) is 3.43. The van der Waals surface area contributed by atoms with Crippen LogP contribution in [0.25, 0.3) is 0 Å². The van der Waals surface area contributed by atoms with E-state index in [1.807, 2.05) is 0 Å². The van der Waals surface area contributed by atoms with Crippen molar-refractivity contribution in [2.45, 2.75) is 13.3 Å². The number of ether oxygens (including phenoxy) is 1. The van der Waals surface area contributed by atoms with E-state index in [9.17, 15) is 14.0 Å². The molecule has 1 amide bonds. The molecule has 0 radical (unpaired) electrons. The first-order valence-corrected chi connectivity index (χ1v) is 10.6. The van der Waals surface area contributed by atoms with Crippen molar-refractivity contribution in [3.8, 4) is 0 Å². The van der Waals surface area contributed by atoms with Crippen LogP contribution in [-0.4, -0.2) is 25.0 Å². The van der Waals surface area contributed by atoms with Crippen molar-refractivity contribution in [2.75, 3.05) is 23.8 Å². The average Bonchev–Trinajstić information content (AvgIpc) is 2.79. The maximum atomic E-state index is 13.0. The normalized spacial score (nSPS) is 10.5. The van der Waals surface area contributed by atoms with Gasteiger partial charge in [0.05, 0.1) is 21.3 Å². The third-order valence-electron chi connectivity index (χ3n) is 4.67. The molecule has 0 aromatic heterocycles. The Balaban J connectivity index is 1.56. The summed E-state index contributed by atoms with van der Waals surface area (Å²) in [5.41, 5.74) is 2.86. The van der Waals surface area contributed by atoms with E-state index >= 15 is 0 Å². The molecule has 3 aromatic rings. The smallest absolute Gasteiger partial charge is 0.340 e. The maximum Gasteiger partial charge on any atom is 0.340 e. The summed E-state index contributed by atoms with van der Waals surface area (Å²) in [6.07, 6.45) is 0.643. The lowest BCUT2D eigenvalue weighted by molar-refractivity contribution is -0.119. The molecular formula is C24H21Cl2FN2O3. The Hall–Kier alpha value is -3.09. The van der Waals surface area contributed by atoms with Crippen LogP contribution >= 0.6 is 23.2 Å². The molecule has 5 nitrogen and oxygen atoms in total. The molecule has 0 aliphatic heterocycles. The zero-order chi connectivity index (χ0) is 23.1. The molecule has 2 N–H and O–H groups in total. The molecule has 0 saturated heterocycles. The molecule has 0 unspecified atom stereocenters. The Bertz CT molecular complexity index is 1120. The van der Waals surface area contributed by atoms with Crippen LogP contribution in [-0.2, 0) is 16.0 Å². The lowest BCUT2D eigenvalue weighted by Crippen LogP contribution is -2.22. The van der Waals surface area contributed by atoms with E-state index in [4.69, 9.17) is 27.9 Å². The number of amides is 1. The van der Waals surface area contributed by atoms with Crippen LogP contribution in [0.1, 0.15) is 21.5 Å². The van der Waals surface area contributed by atoms with Crippen LogP contribution < -0.4 is 10.6 Å². The largest absolute Gasteiger partial charge is 0.452 e. The van der Waals surface area contributed by atoms with Crippen LogP contribution in [0, 0.1) is 12.7 Å². The Morgan fingerprint density at radius 2 is 1.72 bits per heavy atom. The molecule has 0 aliphatic rings. The van der Waals surface area contributed by atoms with Gasteiger partial charge in [0, 0.05) is 12.2 Å². The first kappa shape index (κ1) is 23.6. The summed E-state index contributed by atoms with van der Waals surface area (Å²) in [5.74, 6) is -1.49. The molecular weight excluding hydrogens is 454 g/mol. The highest BCUT2D eigenvalue weighted by Gasteiger charge is 2.16. The minimum Gasteiger partial charge on any atom is -0.452 e. The lowest BCUT2D eigenvalue weighted by Gasteiger charge is -2.13. The average molecular weight is 475 g/mol. The molecule has 0 heterocycles. The van der Waals surface area contributed by atoms with E-state index in [1.54, 1.807) is 55.5 Å². The summed E-state index contributed by atoms with van der Waals surface area (Å²) in [7, 11) is 0. The zero-order valence-corrected chi connectivity index (χ0v) is 18.8. The van der Waals surface area contributed by atoms with Crippen molar-refractivity contribution in [3.05, 3.63) is 93.2 Å². The molecule has 0 atom stereocenters. The van der Waals surface area contributed by atoms with E-state index in [2.05, 4.69) is 10.6 Å². The van der Waals surface area contributed by atoms with Gasteiger partial charge >= 0.3 is 5.97 Å². The first-order valence-electron chi connectivity index (χ1n) is 9.84. The van der Waals surface area contributed by atoms with E-state index < -0.39 is 18.5 Å². The van der Waals surface area contributed by atoms with E-state index in [0.29, 0.717) is 29.2 Å². The van der Waals surface area contributed by atoms with Gasteiger partial charge in [0.15, 0.2) is 6.61 Å². The molecule has 166 valence electrons. The van der Waals surface area contributed by atoms with Crippen molar-refractivity contribution in [2.24, 2.45) is 0 Å². The minimum absolute atomic E-state index is 0.275. The summed E-state index contributed by atoms with van der Waals surface area (Å²) in [6, 6.07) is 16.4. The SMILES string of the molecule is Cc1ccc(Cl)c(NC(=O)COC(=O)c2ccccc2NCCc2ccc(F)cc2)c1Cl.